The van der Waals surface area contributed by atoms with E-state index in [9.17, 15) is 0 Å². The van der Waals surface area contributed by atoms with Crippen LogP contribution < -0.4 is 4.90 Å². The van der Waals surface area contributed by atoms with Gasteiger partial charge in [-0.3, -0.25) is 0 Å². The summed E-state index contributed by atoms with van der Waals surface area (Å²) >= 11 is 3.65. The molecule has 0 spiro atoms. The van der Waals surface area contributed by atoms with E-state index >= 15 is 0 Å². The van der Waals surface area contributed by atoms with Gasteiger partial charge in [-0.05, 0) is 47.2 Å². The SMILES string of the molecule is Cc1nc(N2CCC(C)CC2)nc(-n2cc(-c3ccccc3)cn2)c1Br. The minimum absolute atomic E-state index is 0.779. The zero-order valence-corrected chi connectivity index (χ0v) is 16.6. The molecular weight excluding hydrogens is 390 g/mol. The third kappa shape index (κ3) is 3.38. The highest BCUT2D eigenvalue weighted by Gasteiger charge is 2.21. The van der Waals surface area contributed by atoms with Gasteiger partial charge in [-0.2, -0.15) is 10.1 Å². The summed E-state index contributed by atoms with van der Waals surface area (Å²) in [6.45, 7) is 6.34. The minimum atomic E-state index is 0.779. The number of hydrogen-bond donors (Lipinski definition) is 0. The highest BCUT2D eigenvalue weighted by molar-refractivity contribution is 9.10. The molecule has 5 nitrogen and oxygen atoms in total. The van der Waals surface area contributed by atoms with E-state index in [1.54, 1.807) is 0 Å². The van der Waals surface area contributed by atoms with Crippen molar-refractivity contribution in [3.63, 3.8) is 0 Å². The molecule has 0 amide bonds. The lowest BCUT2D eigenvalue weighted by Crippen LogP contribution is -2.34. The van der Waals surface area contributed by atoms with Crippen LogP contribution in [0, 0.1) is 12.8 Å². The third-order valence-corrected chi connectivity index (χ3v) is 5.89. The van der Waals surface area contributed by atoms with E-state index in [0.717, 1.165) is 52.1 Å². The number of aryl methyl sites for hydroxylation is 1. The summed E-state index contributed by atoms with van der Waals surface area (Å²) in [6, 6.07) is 10.3. The molecule has 26 heavy (non-hydrogen) atoms. The van der Waals surface area contributed by atoms with Gasteiger partial charge in [0.25, 0.3) is 0 Å². The zero-order chi connectivity index (χ0) is 18.1. The molecule has 0 radical (unpaired) electrons. The van der Waals surface area contributed by atoms with E-state index in [1.807, 2.05) is 42.2 Å². The topological polar surface area (TPSA) is 46.8 Å². The maximum atomic E-state index is 4.83. The van der Waals surface area contributed by atoms with Gasteiger partial charge >= 0.3 is 0 Å². The average molecular weight is 412 g/mol. The van der Waals surface area contributed by atoms with E-state index < -0.39 is 0 Å². The number of hydrogen-bond acceptors (Lipinski definition) is 4. The Morgan fingerprint density at radius 2 is 1.77 bits per heavy atom. The molecule has 1 aliphatic rings. The normalized spacial score (nSPS) is 15.4. The van der Waals surface area contributed by atoms with Crippen LogP contribution >= 0.6 is 15.9 Å². The Morgan fingerprint density at radius 1 is 1.04 bits per heavy atom. The smallest absolute Gasteiger partial charge is 0.227 e. The lowest BCUT2D eigenvalue weighted by atomic mass is 10.00. The Kier molecular flexibility index (Phi) is 4.76. The van der Waals surface area contributed by atoms with E-state index in [1.165, 1.54) is 12.8 Å². The molecule has 4 rings (SSSR count). The molecule has 0 atom stereocenters. The molecule has 2 aromatic heterocycles. The van der Waals surface area contributed by atoms with Gasteiger partial charge in [0.05, 0.1) is 16.4 Å². The molecule has 0 N–H and O–H groups in total. The van der Waals surface area contributed by atoms with E-state index in [0.29, 0.717) is 0 Å². The molecule has 1 saturated heterocycles. The van der Waals surface area contributed by atoms with Crippen LogP contribution in [-0.2, 0) is 0 Å². The van der Waals surface area contributed by atoms with Crippen LogP contribution in [0.3, 0.4) is 0 Å². The van der Waals surface area contributed by atoms with Gasteiger partial charge in [-0.1, -0.05) is 37.3 Å². The van der Waals surface area contributed by atoms with E-state index in [2.05, 4.69) is 45.0 Å². The Morgan fingerprint density at radius 3 is 2.50 bits per heavy atom. The summed E-state index contributed by atoms with van der Waals surface area (Å²) in [4.78, 5) is 11.8. The number of nitrogens with zero attached hydrogens (tertiary/aromatic N) is 5. The fraction of sp³-hybridized carbons (Fsp3) is 0.350. The maximum absolute atomic E-state index is 4.83. The molecule has 1 aromatic carbocycles. The number of rotatable bonds is 3. The van der Waals surface area contributed by atoms with E-state index in [-0.39, 0.29) is 0 Å². The maximum Gasteiger partial charge on any atom is 0.227 e. The lowest BCUT2D eigenvalue weighted by molar-refractivity contribution is 0.434. The van der Waals surface area contributed by atoms with Crippen LogP contribution in [0.2, 0.25) is 0 Å². The number of piperidine rings is 1. The van der Waals surface area contributed by atoms with Gasteiger partial charge < -0.3 is 4.90 Å². The summed E-state index contributed by atoms with van der Waals surface area (Å²) < 4.78 is 2.71. The van der Waals surface area contributed by atoms with Gasteiger partial charge in [0.15, 0.2) is 5.82 Å². The molecular formula is C20H22BrN5. The first kappa shape index (κ1) is 17.2. The molecule has 0 saturated carbocycles. The van der Waals surface area contributed by atoms with Gasteiger partial charge in [-0.15, -0.1) is 0 Å². The van der Waals surface area contributed by atoms with Crippen LogP contribution in [0.4, 0.5) is 5.95 Å². The monoisotopic (exact) mass is 411 g/mol. The Balaban J connectivity index is 1.69. The highest BCUT2D eigenvalue weighted by Crippen LogP contribution is 2.28. The van der Waals surface area contributed by atoms with Crippen molar-refractivity contribution in [2.75, 3.05) is 18.0 Å². The average Bonchev–Trinajstić information content (AvgIpc) is 3.15. The highest BCUT2D eigenvalue weighted by atomic mass is 79.9. The standard InChI is InChI=1S/C20H22BrN5/c1-14-8-10-25(11-9-14)20-23-15(2)18(21)19(24-20)26-13-17(12-22-26)16-6-4-3-5-7-16/h3-7,12-14H,8-11H2,1-2H3. The van der Waals surface area contributed by atoms with Gasteiger partial charge in [-0.25, -0.2) is 9.67 Å². The fourth-order valence-corrected chi connectivity index (χ4v) is 3.61. The van der Waals surface area contributed by atoms with Gasteiger partial charge in [0.1, 0.15) is 0 Å². The second-order valence-electron chi connectivity index (χ2n) is 6.96. The van der Waals surface area contributed by atoms with Crippen LogP contribution in [0.15, 0.2) is 47.2 Å². The Bertz CT molecular complexity index is 898. The number of benzene rings is 1. The first-order valence-electron chi connectivity index (χ1n) is 9.01. The van der Waals surface area contributed by atoms with Crippen molar-refractivity contribution in [2.45, 2.75) is 26.7 Å². The molecule has 0 bridgehead atoms. The second kappa shape index (κ2) is 7.19. The number of halogens is 1. The van der Waals surface area contributed by atoms with Crippen LogP contribution in [-0.4, -0.2) is 32.8 Å². The van der Waals surface area contributed by atoms with Crippen molar-refractivity contribution in [3.8, 4) is 16.9 Å². The quantitative estimate of drug-likeness (QED) is 0.629. The summed E-state index contributed by atoms with van der Waals surface area (Å²) in [6.07, 6.45) is 6.27. The summed E-state index contributed by atoms with van der Waals surface area (Å²) in [5, 5.41) is 4.54. The largest absolute Gasteiger partial charge is 0.341 e. The summed E-state index contributed by atoms with van der Waals surface area (Å²) in [5.41, 5.74) is 3.15. The molecule has 0 unspecified atom stereocenters. The third-order valence-electron chi connectivity index (χ3n) is 4.96. The van der Waals surface area contributed by atoms with Crippen LogP contribution in [0.5, 0.6) is 0 Å². The molecule has 1 aliphatic heterocycles. The predicted molar refractivity (Wildman–Crippen MR) is 108 cm³/mol. The number of anilines is 1. The first-order chi connectivity index (χ1) is 12.6. The van der Waals surface area contributed by atoms with Crippen molar-refractivity contribution in [1.29, 1.82) is 0 Å². The zero-order valence-electron chi connectivity index (χ0n) is 15.1. The molecule has 1 fully saturated rings. The van der Waals surface area contributed by atoms with Crippen molar-refractivity contribution in [3.05, 3.63) is 52.9 Å². The van der Waals surface area contributed by atoms with Crippen molar-refractivity contribution < 1.29 is 0 Å². The molecule has 134 valence electrons. The summed E-state index contributed by atoms with van der Waals surface area (Å²) in [5.74, 6) is 2.36. The lowest BCUT2D eigenvalue weighted by Gasteiger charge is -2.30. The van der Waals surface area contributed by atoms with E-state index in [4.69, 9.17) is 9.97 Å². The summed E-state index contributed by atoms with van der Waals surface area (Å²) in [7, 11) is 0. The van der Waals surface area contributed by atoms with Crippen molar-refractivity contribution in [1.82, 2.24) is 19.7 Å². The Labute approximate surface area is 162 Å². The molecule has 0 aliphatic carbocycles. The molecule has 3 aromatic rings. The van der Waals surface area contributed by atoms with Crippen molar-refractivity contribution >= 4 is 21.9 Å². The van der Waals surface area contributed by atoms with Crippen molar-refractivity contribution in [2.24, 2.45) is 5.92 Å². The minimum Gasteiger partial charge on any atom is -0.341 e. The number of aromatic nitrogens is 4. The van der Waals surface area contributed by atoms with Gasteiger partial charge in [0, 0.05) is 24.8 Å². The van der Waals surface area contributed by atoms with Gasteiger partial charge in [0.2, 0.25) is 5.95 Å². The first-order valence-corrected chi connectivity index (χ1v) is 9.80. The molecule has 6 heteroatoms. The molecule has 3 heterocycles. The second-order valence-corrected chi connectivity index (χ2v) is 7.75. The van der Waals surface area contributed by atoms with Crippen LogP contribution in [0.25, 0.3) is 16.9 Å². The predicted octanol–water partition coefficient (Wildman–Crippen LogP) is 4.64. The fourth-order valence-electron chi connectivity index (χ4n) is 3.25. The Hall–Kier alpha value is -2.21. The van der Waals surface area contributed by atoms with Crippen LogP contribution in [0.1, 0.15) is 25.5 Å².